The first-order valence-electron chi connectivity index (χ1n) is 18.6. The molecule has 0 radical (unpaired) electrons. The molecular weight excluding hydrogens is 571 g/mol. The van der Waals surface area contributed by atoms with Crippen molar-refractivity contribution in [2.45, 2.75) is 148 Å². The van der Waals surface area contributed by atoms with Crippen LogP contribution in [0.4, 0.5) is 0 Å². The summed E-state index contributed by atoms with van der Waals surface area (Å²) in [7, 11) is 0. The van der Waals surface area contributed by atoms with Gasteiger partial charge in [-0.25, -0.2) is 0 Å². The van der Waals surface area contributed by atoms with Crippen LogP contribution in [-0.2, 0) is 0 Å². The quantitative estimate of drug-likeness (QED) is 0.0608. The Kier molecular flexibility index (Phi) is 18.4. The molecule has 0 aliphatic carbocycles. The van der Waals surface area contributed by atoms with E-state index in [1.165, 1.54) is 157 Å². The van der Waals surface area contributed by atoms with Crippen LogP contribution in [-0.4, -0.2) is 6.16 Å². The van der Waals surface area contributed by atoms with Gasteiger partial charge < -0.3 is 0 Å². The predicted molar refractivity (Wildman–Crippen MR) is 203 cm³/mol. The van der Waals surface area contributed by atoms with Crippen LogP contribution in [0.2, 0.25) is 0 Å². The van der Waals surface area contributed by atoms with Gasteiger partial charge in [0.2, 0.25) is 0 Å². The third-order valence-electron chi connectivity index (χ3n) is 9.82. The van der Waals surface area contributed by atoms with Gasteiger partial charge in [0.25, 0.3) is 0 Å². The third-order valence-corrected chi connectivity index (χ3v) is 17.4. The normalized spacial score (nSPS) is 12.6. The van der Waals surface area contributed by atoms with Gasteiger partial charge in [0.1, 0.15) is 0 Å². The SMILES string of the molecule is CCCCCCCCCCCCCCCCCCCCCCCCP(Cl)(c1ccccc1)(c1ccccc1)c1ccccc1. The van der Waals surface area contributed by atoms with Crippen LogP contribution in [0.25, 0.3) is 0 Å². The molecule has 3 rings (SSSR count). The molecule has 0 amide bonds. The van der Waals surface area contributed by atoms with Crippen molar-refractivity contribution in [1.29, 1.82) is 0 Å². The summed E-state index contributed by atoms with van der Waals surface area (Å²) in [6.45, 7) is 2.30. The van der Waals surface area contributed by atoms with Crippen molar-refractivity contribution in [3.63, 3.8) is 0 Å². The molecular formula is C42H64ClP. The predicted octanol–water partition coefficient (Wildman–Crippen LogP) is 13.3. The first-order chi connectivity index (χ1) is 21.7. The molecule has 0 aliphatic rings. The number of unbranched alkanes of at least 4 members (excludes halogenated alkanes) is 21. The van der Waals surface area contributed by atoms with Crippen LogP contribution >= 0.6 is 17.2 Å². The van der Waals surface area contributed by atoms with Crippen LogP contribution in [0, 0.1) is 0 Å². The number of halogens is 1. The summed E-state index contributed by atoms with van der Waals surface area (Å²) in [5.41, 5.74) is 0. The first-order valence-corrected chi connectivity index (χ1v) is 21.9. The van der Waals surface area contributed by atoms with E-state index in [1.54, 1.807) is 0 Å². The summed E-state index contributed by atoms with van der Waals surface area (Å²) in [5, 5.41) is 3.88. The van der Waals surface area contributed by atoms with Crippen LogP contribution in [0.1, 0.15) is 148 Å². The van der Waals surface area contributed by atoms with E-state index in [4.69, 9.17) is 11.2 Å². The fraction of sp³-hybridized carbons (Fsp3) is 0.571. The van der Waals surface area contributed by atoms with Crippen molar-refractivity contribution >= 4 is 33.1 Å². The van der Waals surface area contributed by atoms with Crippen LogP contribution in [0.5, 0.6) is 0 Å². The second-order valence-corrected chi connectivity index (χ2v) is 19.9. The van der Waals surface area contributed by atoms with E-state index in [-0.39, 0.29) is 0 Å². The number of hydrogen-bond donors (Lipinski definition) is 0. The van der Waals surface area contributed by atoms with Crippen molar-refractivity contribution in [2.24, 2.45) is 0 Å². The second kappa shape index (κ2) is 22.0. The molecule has 44 heavy (non-hydrogen) atoms. The van der Waals surface area contributed by atoms with Crippen molar-refractivity contribution in [1.82, 2.24) is 0 Å². The van der Waals surface area contributed by atoms with E-state index in [9.17, 15) is 0 Å². The summed E-state index contributed by atoms with van der Waals surface area (Å²) in [6, 6.07) is 32.9. The summed E-state index contributed by atoms with van der Waals surface area (Å²) >= 11 is 8.20. The standard InChI is InChI=1S/C42H64ClP/c1-2-3-4-5-6-7-8-9-10-11-12-13-14-15-16-17-18-19-20-21-22-32-39-44(43,40-33-26-23-27-34-40,41-35-28-24-29-36-41)42-37-30-25-31-38-42/h23-31,33-38H,2-22,32,39H2,1H3. The fourth-order valence-corrected chi connectivity index (χ4v) is 13.3. The van der Waals surface area contributed by atoms with Crippen LogP contribution < -0.4 is 15.9 Å². The molecule has 244 valence electrons. The van der Waals surface area contributed by atoms with Crippen molar-refractivity contribution in [3.05, 3.63) is 91.0 Å². The maximum absolute atomic E-state index is 8.20. The number of hydrogen-bond acceptors (Lipinski definition) is 0. The van der Waals surface area contributed by atoms with Gasteiger partial charge in [-0.2, -0.15) is 0 Å². The Bertz CT molecular complexity index is 981. The molecule has 0 N–H and O–H groups in total. The van der Waals surface area contributed by atoms with E-state index >= 15 is 0 Å². The van der Waals surface area contributed by atoms with Crippen molar-refractivity contribution in [2.75, 3.05) is 6.16 Å². The Labute approximate surface area is 277 Å². The van der Waals surface area contributed by atoms with Gasteiger partial charge in [-0.05, 0) is 0 Å². The molecule has 3 aromatic carbocycles. The average Bonchev–Trinajstić information content (AvgIpc) is 3.08. The van der Waals surface area contributed by atoms with E-state index in [1.807, 2.05) is 0 Å². The first kappa shape index (κ1) is 36.8. The van der Waals surface area contributed by atoms with E-state index in [0.29, 0.717) is 0 Å². The van der Waals surface area contributed by atoms with Gasteiger partial charge in [0, 0.05) is 0 Å². The molecule has 0 aliphatic heterocycles. The molecule has 0 aromatic heterocycles. The number of benzene rings is 3. The number of rotatable bonds is 26. The molecule has 3 aromatic rings. The van der Waals surface area contributed by atoms with Crippen molar-refractivity contribution in [3.8, 4) is 0 Å². The summed E-state index contributed by atoms with van der Waals surface area (Å²) in [4.78, 5) is 0. The van der Waals surface area contributed by atoms with Gasteiger partial charge in [-0.1, -0.05) is 77.6 Å². The summed E-state index contributed by atoms with van der Waals surface area (Å²) in [5.74, 6) is -3.08. The van der Waals surface area contributed by atoms with Crippen LogP contribution in [0.3, 0.4) is 0 Å². The molecule has 0 saturated heterocycles. The Morgan fingerprint density at radius 2 is 0.568 bits per heavy atom. The molecule has 0 spiro atoms. The molecule has 2 heteroatoms. The Morgan fingerprint density at radius 3 is 0.818 bits per heavy atom. The average molecular weight is 635 g/mol. The maximum atomic E-state index is 8.20. The van der Waals surface area contributed by atoms with E-state index in [0.717, 1.165) is 6.16 Å². The monoisotopic (exact) mass is 634 g/mol. The molecule has 0 bridgehead atoms. The molecule has 0 unspecified atom stereocenters. The molecule has 0 nitrogen and oxygen atoms in total. The molecule has 0 saturated carbocycles. The summed E-state index contributed by atoms with van der Waals surface area (Å²) < 4.78 is 0. The van der Waals surface area contributed by atoms with Gasteiger partial charge in [0.05, 0.1) is 0 Å². The Morgan fingerprint density at radius 1 is 0.341 bits per heavy atom. The minimum absolute atomic E-state index is 1.02. The van der Waals surface area contributed by atoms with E-state index < -0.39 is 5.96 Å². The fourth-order valence-electron chi connectivity index (χ4n) is 7.07. The topological polar surface area (TPSA) is 0 Å². The minimum atomic E-state index is -3.08. The van der Waals surface area contributed by atoms with Gasteiger partial charge in [-0.15, -0.1) is 0 Å². The Balaban J connectivity index is 1.28. The van der Waals surface area contributed by atoms with Gasteiger partial charge in [-0.3, -0.25) is 0 Å². The zero-order chi connectivity index (χ0) is 31.0. The molecule has 0 atom stereocenters. The Hall–Kier alpha value is -1.62. The molecule has 0 fully saturated rings. The van der Waals surface area contributed by atoms with Gasteiger partial charge >= 0.3 is 201 Å². The van der Waals surface area contributed by atoms with Gasteiger partial charge in [0.15, 0.2) is 0 Å². The zero-order valence-corrected chi connectivity index (χ0v) is 29.9. The van der Waals surface area contributed by atoms with Crippen LogP contribution in [0.15, 0.2) is 91.0 Å². The van der Waals surface area contributed by atoms with Crippen molar-refractivity contribution < 1.29 is 0 Å². The van der Waals surface area contributed by atoms with E-state index in [2.05, 4.69) is 97.9 Å². The summed E-state index contributed by atoms with van der Waals surface area (Å²) in [6.07, 6.45) is 32.1. The zero-order valence-electron chi connectivity index (χ0n) is 28.2. The third kappa shape index (κ3) is 12.0. The molecule has 0 heterocycles. The second-order valence-electron chi connectivity index (χ2n) is 13.3.